The number of hydrogen-bond acceptors (Lipinski definition) is 3. The van der Waals surface area contributed by atoms with Gasteiger partial charge in [-0.2, -0.15) is 0 Å². The van der Waals surface area contributed by atoms with E-state index in [4.69, 9.17) is 0 Å². The lowest BCUT2D eigenvalue weighted by Gasteiger charge is -2.39. The molecule has 23 heavy (non-hydrogen) atoms. The van der Waals surface area contributed by atoms with E-state index < -0.39 is 11.6 Å². The molecule has 126 valence electrons. The highest BCUT2D eigenvalue weighted by atomic mass is 16.3. The normalized spacial score (nSPS) is 29.5. The van der Waals surface area contributed by atoms with Crippen molar-refractivity contribution in [3.05, 3.63) is 35.9 Å². The summed E-state index contributed by atoms with van der Waals surface area (Å²) in [4.78, 5) is 15.1. The fraction of sp³-hybridized carbons (Fsp3) is 0.632. The smallest absolute Gasteiger partial charge is 0.242 e. The van der Waals surface area contributed by atoms with Gasteiger partial charge in [0.1, 0.15) is 0 Å². The number of benzene rings is 1. The molecule has 2 aliphatic heterocycles. The molecule has 2 aliphatic rings. The molecule has 0 radical (unpaired) electrons. The number of carbonyl (C=O) groups excluding carboxylic acids is 1. The minimum Gasteiger partial charge on any atom is -0.388 e. The topological polar surface area (TPSA) is 52.6 Å². The molecule has 0 aromatic heterocycles. The molecular formula is C19H28N2O2. The quantitative estimate of drug-likeness (QED) is 0.898. The van der Waals surface area contributed by atoms with Gasteiger partial charge in [-0.1, -0.05) is 30.3 Å². The van der Waals surface area contributed by atoms with E-state index >= 15 is 0 Å². The second-order valence-corrected chi connectivity index (χ2v) is 7.17. The highest BCUT2D eigenvalue weighted by Gasteiger charge is 2.41. The molecule has 2 heterocycles. The van der Waals surface area contributed by atoms with Crippen LogP contribution >= 0.6 is 0 Å². The zero-order valence-electron chi connectivity index (χ0n) is 14.0. The van der Waals surface area contributed by atoms with E-state index in [2.05, 4.69) is 5.32 Å². The number of nitrogens with zero attached hydrogens (tertiary/aromatic N) is 1. The molecule has 1 aromatic carbocycles. The van der Waals surface area contributed by atoms with Crippen molar-refractivity contribution in [2.75, 3.05) is 13.1 Å². The SMILES string of the molecule is CC1(C(=O)N2CCCC2CC(O)c2ccccc2)CCCCN1. The van der Waals surface area contributed by atoms with E-state index in [1.807, 2.05) is 42.2 Å². The Balaban J connectivity index is 1.66. The molecule has 2 N–H and O–H groups in total. The molecule has 4 nitrogen and oxygen atoms in total. The molecule has 2 fully saturated rings. The third-order valence-electron chi connectivity index (χ3n) is 5.41. The largest absolute Gasteiger partial charge is 0.388 e. The molecule has 0 saturated carbocycles. The Morgan fingerprint density at radius 1 is 1.35 bits per heavy atom. The van der Waals surface area contributed by atoms with Crippen molar-refractivity contribution in [2.45, 2.75) is 63.1 Å². The molecule has 0 spiro atoms. The number of amides is 1. The van der Waals surface area contributed by atoms with Crippen molar-refractivity contribution in [1.29, 1.82) is 0 Å². The molecule has 0 aliphatic carbocycles. The summed E-state index contributed by atoms with van der Waals surface area (Å²) in [5, 5.41) is 13.9. The van der Waals surface area contributed by atoms with E-state index in [0.717, 1.165) is 50.8 Å². The number of carbonyl (C=O) groups is 1. The van der Waals surface area contributed by atoms with Gasteiger partial charge in [-0.25, -0.2) is 0 Å². The molecule has 2 saturated heterocycles. The summed E-state index contributed by atoms with van der Waals surface area (Å²) in [6, 6.07) is 9.91. The van der Waals surface area contributed by atoms with Crippen LogP contribution < -0.4 is 5.32 Å². The predicted molar refractivity (Wildman–Crippen MR) is 91.0 cm³/mol. The minimum absolute atomic E-state index is 0.151. The number of aliphatic hydroxyl groups excluding tert-OH is 1. The van der Waals surface area contributed by atoms with Crippen molar-refractivity contribution in [1.82, 2.24) is 10.2 Å². The van der Waals surface area contributed by atoms with Crippen LogP contribution in [-0.2, 0) is 4.79 Å². The van der Waals surface area contributed by atoms with E-state index in [9.17, 15) is 9.90 Å². The zero-order valence-corrected chi connectivity index (χ0v) is 14.0. The van der Waals surface area contributed by atoms with Gasteiger partial charge in [-0.3, -0.25) is 4.79 Å². The van der Waals surface area contributed by atoms with Crippen LogP contribution in [-0.4, -0.2) is 40.6 Å². The van der Waals surface area contributed by atoms with Crippen molar-refractivity contribution in [3.8, 4) is 0 Å². The average molecular weight is 316 g/mol. The maximum absolute atomic E-state index is 13.0. The third kappa shape index (κ3) is 3.59. The van der Waals surface area contributed by atoms with E-state index in [0.29, 0.717) is 6.42 Å². The number of aliphatic hydroxyl groups is 1. The van der Waals surface area contributed by atoms with Crippen LogP contribution in [0.2, 0.25) is 0 Å². The Hall–Kier alpha value is -1.39. The summed E-state index contributed by atoms with van der Waals surface area (Å²) in [5.74, 6) is 0.222. The van der Waals surface area contributed by atoms with Crippen LogP contribution in [0.3, 0.4) is 0 Å². The van der Waals surface area contributed by atoms with Crippen molar-refractivity contribution in [2.24, 2.45) is 0 Å². The summed E-state index contributed by atoms with van der Waals surface area (Å²) in [6.07, 6.45) is 5.34. The van der Waals surface area contributed by atoms with Crippen molar-refractivity contribution in [3.63, 3.8) is 0 Å². The summed E-state index contributed by atoms with van der Waals surface area (Å²) < 4.78 is 0. The first-order chi connectivity index (χ1) is 11.1. The van der Waals surface area contributed by atoms with Crippen LogP contribution in [0, 0.1) is 0 Å². The monoisotopic (exact) mass is 316 g/mol. The van der Waals surface area contributed by atoms with Gasteiger partial charge in [-0.15, -0.1) is 0 Å². The van der Waals surface area contributed by atoms with Crippen molar-refractivity contribution >= 4 is 5.91 Å². The van der Waals surface area contributed by atoms with E-state index in [1.54, 1.807) is 0 Å². The molecule has 3 unspecified atom stereocenters. The maximum Gasteiger partial charge on any atom is 0.242 e. The highest BCUT2D eigenvalue weighted by molar-refractivity contribution is 5.86. The van der Waals surface area contributed by atoms with Gasteiger partial charge < -0.3 is 15.3 Å². The van der Waals surface area contributed by atoms with Crippen molar-refractivity contribution < 1.29 is 9.90 Å². The lowest BCUT2D eigenvalue weighted by Crippen LogP contribution is -2.58. The number of hydrogen-bond donors (Lipinski definition) is 2. The molecular weight excluding hydrogens is 288 g/mol. The van der Waals surface area contributed by atoms with Gasteiger partial charge in [0.05, 0.1) is 11.6 Å². The van der Waals surface area contributed by atoms with Gasteiger partial charge in [0.2, 0.25) is 5.91 Å². The maximum atomic E-state index is 13.0. The first kappa shape index (κ1) is 16.5. The number of likely N-dealkylation sites (tertiary alicyclic amines) is 1. The van der Waals surface area contributed by atoms with Crippen LogP contribution in [0.1, 0.15) is 57.1 Å². The van der Waals surface area contributed by atoms with Gasteiger partial charge in [-0.05, 0) is 57.6 Å². The molecule has 1 aromatic rings. The third-order valence-corrected chi connectivity index (χ3v) is 5.41. The Labute approximate surface area is 138 Å². The van der Waals surface area contributed by atoms with E-state index in [1.165, 1.54) is 0 Å². The summed E-state index contributed by atoms with van der Waals surface area (Å²) in [7, 11) is 0. The molecule has 0 bridgehead atoms. The predicted octanol–water partition coefficient (Wildman–Crippen LogP) is 2.63. The first-order valence-corrected chi connectivity index (χ1v) is 8.89. The lowest BCUT2D eigenvalue weighted by atomic mass is 9.89. The van der Waals surface area contributed by atoms with Gasteiger partial charge in [0.15, 0.2) is 0 Å². The van der Waals surface area contributed by atoms with Crippen LogP contribution in [0.25, 0.3) is 0 Å². The molecule has 4 heteroatoms. The lowest BCUT2D eigenvalue weighted by molar-refractivity contribution is -0.140. The molecule has 3 atom stereocenters. The Bertz CT molecular complexity index is 525. The minimum atomic E-state index is -0.498. The number of piperidine rings is 1. The second kappa shape index (κ2) is 7.02. The van der Waals surface area contributed by atoms with Gasteiger partial charge >= 0.3 is 0 Å². The summed E-state index contributed by atoms with van der Waals surface area (Å²) in [5.41, 5.74) is 0.521. The Morgan fingerprint density at radius 3 is 2.83 bits per heavy atom. The Kier molecular flexibility index (Phi) is 5.02. The first-order valence-electron chi connectivity index (χ1n) is 8.89. The second-order valence-electron chi connectivity index (χ2n) is 7.17. The highest BCUT2D eigenvalue weighted by Crippen LogP contribution is 2.31. The summed E-state index contributed by atoms with van der Waals surface area (Å²) >= 11 is 0. The van der Waals surface area contributed by atoms with Crippen LogP contribution in [0.15, 0.2) is 30.3 Å². The molecule has 3 rings (SSSR count). The standard InChI is InChI=1S/C19H28N2O2/c1-19(11-5-6-12-20-19)18(23)21-13-7-10-16(21)14-17(22)15-8-3-2-4-9-15/h2-4,8-9,16-17,20,22H,5-7,10-14H2,1H3. The fourth-order valence-electron chi connectivity index (χ4n) is 3.97. The van der Waals surface area contributed by atoms with E-state index in [-0.39, 0.29) is 11.9 Å². The zero-order chi connectivity index (χ0) is 16.3. The average Bonchev–Trinajstić information content (AvgIpc) is 3.03. The van der Waals surface area contributed by atoms with Crippen LogP contribution in [0.4, 0.5) is 0 Å². The van der Waals surface area contributed by atoms with Crippen LogP contribution in [0.5, 0.6) is 0 Å². The fourth-order valence-corrected chi connectivity index (χ4v) is 3.97. The Morgan fingerprint density at radius 2 is 2.13 bits per heavy atom. The number of rotatable bonds is 4. The summed E-state index contributed by atoms with van der Waals surface area (Å²) in [6.45, 7) is 3.78. The van der Waals surface area contributed by atoms with Gasteiger partial charge in [0, 0.05) is 12.6 Å². The van der Waals surface area contributed by atoms with Gasteiger partial charge in [0.25, 0.3) is 0 Å². The number of nitrogens with one attached hydrogen (secondary N) is 1. The molecule has 1 amide bonds.